The molecule has 102 valence electrons. The fraction of sp³-hybridized carbons (Fsp3) is 0.727. The van der Waals surface area contributed by atoms with Crippen molar-refractivity contribution in [1.29, 1.82) is 0 Å². The zero-order chi connectivity index (χ0) is 13.0. The molecule has 2 N–H and O–H groups in total. The molecule has 1 aliphatic rings. The third-order valence-corrected chi connectivity index (χ3v) is 6.01. The molecule has 0 saturated carbocycles. The average Bonchev–Trinajstić information content (AvgIpc) is 2.91. The van der Waals surface area contributed by atoms with Crippen LogP contribution in [0, 0.1) is 0 Å². The van der Waals surface area contributed by atoms with Crippen LogP contribution in [0.1, 0.15) is 30.7 Å². The second kappa shape index (κ2) is 6.10. The Morgan fingerprint density at radius 3 is 3.11 bits per heavy atom. The summed E-state index contributed by atoms with van der Waals surface area (Å²) in [6, 6.07) is 0. The van der Waals surface area contributed by atoms with Gasteiger partial charge in [0.15, 0.2) is 0 Å². The van der Waals surface area contributed by atoms with E-state index < -0.39 is 10.0 Å². The van der Waals surface area contributed by atoms with E-state index in [0.717, 1.165) is 24.4 Å². The van der Waals surface area contributed by atoms with Crippen LogP contribution in [0.5, 0.6) is 0 Å². The summed E-state index contributed by atoms with van der Waals surface area (Å²) in [6.07, 6.45) is 3.41. The van der Waals surface area contributed by atoms with E-state index >= 15 is 0 Å². The second-order valence-electron chi connectivity index (χ2n) is 4.63. The van der Waals surface area contributed by atoms with E-state index in [1.54, 1.807) is 17.5 Å². The Hall–Kier alpha value is -0.500. The number of piperidine rings is 1. The van der Waals surface area contributed by atoms with Gasteiger partial charge in [0.1, 0.15) is 0 Å². The summed E-state index contributed by atoms with van der Waals surface area (Å²) >= 11 is 1.56. The van der Waals surface area contributed by atoms with Crippen LogP contribution < -0.4 is 10.0 Å². The minimum absolute atomic E-state index is 0.122. The topological polar surface area (TPSA) is 71.1 Å². The number of rotatable bonds is 5. The smallest absolute Gasteiger partial charge is 0.215 e. The zero-order valence-electron chi connectivity index (χ0n) is 10.4. The van der Waals surface area contributed by atoms with Crippen LogP contribution in [0.25, 0.3) is 0 Å². The van der Waals surface area contributed by atoms with Gasteiger partial charge in [0, 0.05) is 30.6 Å². The van der Waals surface area contributed by atoms with Crippen molar-refractivity contribution in [1.82, 2.24) is 15.0 Å². The van der Waals surface area contributed by atoms with Gasteiger partial charge in [-0.25, -0.2) is 18.1 Å². The number of nitrogens with one attached hydrogen (secondary N) is 2. The summed E-state index contributed by atoms with van der Waals surface area (Å²) in [4.78, 5) is 4.20. The van der Waals surface area contributed by atoms with E-state index in [9.17, 15) is 8.42 Å². The first-order chi connectivity index (χ1) is 8.59. The monoisotopic (exact) mass is 289 g/mol. The van der Waals surface area contributed by atoms with Crippen molar-refractivity contribution in [2.45, 2.75) is 30.9 Å². The van der Waals surface area contributed by atoms with E-state index in [4.69, 9.17) is 0 Å². The molecule has 7 heteroatoms. The molecule has 0 bridgehead atoms. The van der Waals surface area contributed by atoms with Crippen LogP contribution in [0.3, 0.4) is 0 Å². The van der Waals surface area contributed by atoms with Crippen molar-refractivity contribution in [3.05, 3.63) is 16.6 Å². The Labute approximate surface area is 112 Å². The summed E-state index contributed by atoms with van der Waals surface area (Å²) in [7, 11) is -3.21. The van der Waals surface area contributed by atoms with E-state index in [1.807, 2.05) is 12.3 Å². The zero-order valence-corrected chi connectivity index (χ0v) is 12.1. The number of hydrogen-bond acceptors (Lipinski definition) is 5. The van der Waals surface area contributed by atoms with Gasteiger partial charge in [0.2, 0.25) is 10.0 Å². The molecule has 2 rings (SSSR count). The van der Waals surface area contributed by atoms with Crippen LogP contribution in [-0.4, -0.2) is 38.3 Å². The first-order valence-corrected chi connectivity index (χ1v) is 8.61. The predicted molar refractivity (Wildman–Crippen MR) is 73.3 cm³/mol. The van der Waals surface area contributed by atoms with Gasteiger partial charge in [-0.15, -0.1) is 11.3 Å². The van der Waals surface area contributed by atoms with Gasteiger partial charge in [0.05, 0.1) is 10.3 Å². The lowest BCUT2D eigenvalue weighted by Crippen LogP contribution is -2.45. The minimum atomic E-state index is -3.21. The van der Waals surface area contributed by atoms with Gasteiger partial charge in [-0.3, -0.25) is 0 Å². The normalized spacial score (nSPS) is 22.8. The molecule has 2 atom stereocenters. The van der Waals surface area contributed by atoms with Crippen molar-refractivity contribution in [2.24, 2.45) is 0 Å². The van der Waals surface area contributed by atoms with Crippen LogP contribution in [0.15, 0.2) is 11.6 Å². The van der Waals surface area contributed by atoms with Crippen LogP contribution in [-0.2, 0) is 10.0 Å². The lowest BCUT2D eigenvalue weighted by molar-refractivity contribution is 0.488. The fourth-order valence-corrected chi connectivity index (χ4v) is 4.24. The van der Waals surface area contributed by atoms with Crippen molar-refractivity contribution < 1.29 is 8.42 Å². The molecule has 0 aliphatic carbocycles. The van der Waals surface area contributed by atoms with Crippen LogP contribution in [0.2, 0.25) is 0 Å². The van der Waals surface area contributed by atoms with Crippen LogP contribution in [0.4, 0.5) is 0 Å². The van der Waals surface area contributed by atoms with E-state index in [-0.39, 0.29) is 11.2 Å². The maximum atomic E-state index is 12.1. The molecular formula is C11H19N3O2S2. The SMILES string of the molecule is CC(CNS(=O)(=O)C1CCCNC1)c1nccs1. The quantitative estimate of drug-likeness (QED) is 0.845. The number of hydrogen-bond donors (Lipinski definition) is 2. The van der Waals surface area contributed by atoms with Crippen LogP contribution >= 0.6 is 11.3 Å². The molecule has 0 amide bonds. The number of sulfonamides is 1. The molecule has 1 aliphatic heterocycles. The van der Waals surface area contributed by atoms with E-state index in [1.165, 1.54) is 0 Å². The summed E-state index contributed by atoms with van der Waals surface area (Å²) in [5.74, 6) is 0.122. The van der Waals surface area contributed by atoms with E-state index in [0.29, 0.717) is 13.1 Å². The van der Waals surface area contributed by atoms with Crippen molar-refractivity contribution in [2.75, 3.05) is 19.6 Å². The molecule has 0 spiro atoms. The molecule has 1 aromatic rings. The molecule has 2 heterocycles. The maximum Gasteiger partial charge on any atom is 0.215 e. The second-order valence-corrected chi connectivity index (χ2v) is 7.60. The van der Waals surface area contributed by atoms with Crippen molar-refractivity contribution in [3.8, 4) is 0 Å². The highest BCUT2D eigenvalue weighted by atomic mass is 32.2. The third-order valence-electron chi connectivity index (χ3n) is 3.15. The van der Waals surface area contributed by atoms with Gasteiger partial charge < -0.3 is 5.32 Å². The number of nitrogens with zero attached hydrogens (tertiary/aromatic N) is 1. The van der Waals surface area contributed by atoms with E-state index in [2.05, 4.69) is 15.0 Å². The Morgan fingerprint density at radius 2 is 2.50 bits per heavy atom. The van der Waals surface area contributed by atoms with Crippen molar-refractivity contribution >= 4 is 21.4 Å². The molecule has 5 nitrogen and oxygen atoms in total. The standard InChI is InChI=1S/C11H19N3O2S2/c1-9(11-13-5-6-17-11)7-14-18(15,16)10-3-2-4-12-8-10/h5-6,9-10,12,14H,2-4,7-8H2,1H3. The summed E-state index contributed by atoms with van der Waals surface area (Å²) in [5.41, 5.74) is 0. The average molecular weight is 289 g/mol. The maximum absolute atomic E-state index is 12.1. The lowest BCUT2D eigenvalue weighted by Gasteiger charge is -2.23. The Kier molecular flexibility index (Phi) is 4.71. The fourth-order valence-electron chi connectivity index (χ4n) is 2.01. The lowest BCUT2D eigenvalue weighted by atomic mass is 10.2. The number of thiazole rings is 1. The summed E-state index contributed by atoms with van der Waals surface area (Å²) < 4.78 is 26.9. The highest BCUT2D eigenvalue weighted by molar-refractivity contribution is 7.90. The predicted octanol–water partition coefficient (Wildman–Crippen LogP) is 0.918. The Morgan fingerprint density at radius 1 is 1.67 bits per heavy atom. The molecule has 1 aromatic heterocycles. The number of aromatic nitrogens is 1. The van der Waals surface area contributed by atoms with Gasteiger partial charge in [-0.1, -0.05) is 6.92 Å². The Balaban J connectivity index is 1.88. The van der Waals surface area contributed by atoms with Crippen molar-refractivity contribution in [3.63, 3.8) is 0 Å². The summed E-state index contributed by atoms with van der Waals surface area (Å²) in [6.45, 7) is 3.88. The molecule has 1 saturated heterocycles. The highest BCUT2D eigenvalue weighted by Gasteiger charge is 2.27. The third kappa shape index (κ3) is 3.50. The largest absolute Gasteiger partial charge is 0.315 e. The summed E-state index contributed by atoms with van der Waals surface area (Å²) in [5, 5.41) is 5.71. The molecular weight excluding hydrogens is 270 g/mol. The highest BCUT2D eigenvalue weighted by Crippen LogP contribution is 2.17. The molecule has 18 heavy (non-hydrogen) atoms. The first-order valence-electron chi connectivity index (χ1n) is 6.18. The van der Waals surface area contributed by atoms with Gasteiger partial charge in [-0.05, 0) is 19.4 Å². The van der Waals surface area contributed by atoms with Gasteiger partial charge in [0.25, 0.3) is 0 Å². The molecule has 2 unspecified atom stereocenters. The Bertz CT molecular complexity index is 453. The first kappa shape index (κ1) is 13.9. The molecule has 0 aromatic carbocycles. The van der Waals surface area contributed by atoms with Gasteiger partial charge >= 0.3 is 0 Å². The molecule has 0 radical (unpaired) electrons. The molecule has 1 fully saturated rings. The minimum Gasteiger partial charge on any atom is -0.315 e. The van der Waals surface area contributed by atoms with Gasteiger partial charge in [-0.2, -0.15) is 0 Å².